The van der Waals surface area contributed by atoms with Crippen LogP contribution in [0.4, 0.5) is 26.3 Å². The second-order valence-electron chi connectivity index (χ2n) is 7.12. The van der Waals surface area contributed by atoms with Gasteiger partial charge in [0.1, 0.15) is 11.1 Å². The summed E-state index contributed by atoms with van der Waals surface area (Å²) in [6.07, 6.45) is -11.1. The Kier molecular flexibility index (Phi) is 8.04. The van der Waals surface area contributed by atoms with Crippen LogP contribution in [0.25, 0.3) is 11.1 Å². The lowest BCUT2D eigenvalue weighted by atomic mass is 10.2. The monoisotopic (exact) mass is 545 g/mol. The molecule has 10 nitrogen and oxygen atoms in total. The van der Waals surface area contributed by atoms with Gasteiger partial charge in [0, 0.05) is 25.4 Å². The van der Waals surface area contributed by atoms with E-state index in [1.165, 1.54) is 19.2 Å². The van der Waals surface area contributed by atoms with Gasteiger partial charge in [-0.1, -0.05) is 17.8 Å². The Bertz CT molecular complexity index is 1110. The summed E-state index contributed by atoms with van der Waals surface area (Å²) >= 11 is 0.900. The molecule has 1 aliphatic heterocycles. The Balaban J connectivity index is 1.80. The number of rotatable bonds is 7. The number of halogens is 6. The minimum Gasteiger partial charge on any atom is -0.465 e. The van der Waals surface area contributed by atoms with Gasteiger partial charge in [-0.25, -0.2) is 24.3 Å². The fourth-order valence-electron chi connectivity index (χ4n) is 3.16. The predicted molar refractivity (Wildman–Crippen MR) is 108 cm³/mol. The highest BCUT2D eigenvalue weighted by atomic mass is 32.2. The second-order valence-corrected chi connectivity index (χ2v) is 8.17. The molecule has 1 aromatic carbocycles. The smallest absolute Gasteiger partial charge is 0.465 e. The summed E-state index contributed by atoms with van der Waals surface area (Å²) < 4.78 is 95.7. The molecule has 198 valence electrons. The van der Waals surface area contributed by atoms with Crippen molar-refractivity contribution in [2.75, 3.05) is 39.0 Å². The second kappa shape index (κ2) is 10.5. The van der Waals surface area contributed by atoms with Crippen LogP contribution in [0.1, 0.15) is 10.4 Å². The molecule has 0 unspecified atom stereocenters. The third kappa shape index (κ3) is 6.19. The number of oxazole rings is 1. The summed E-state index contributed by atoms with van der Waals surface area (Å²) in [7, 11) is 1.17. The van der Waals surface area contributed by atoms with Crippen LogP contribution >= 0.6 is 11.8 Å². The summed E-state index contributed by atoms with van der Waals surface area (Å²) in [6.45, 7) is -1.33. The molecule has 36 heavy (non-hydrogen) atoms. The van der Waals surface area contributed by atoms with Crippen molar-refractivity contribution >= 4 is 40.8 Å². The number of carbonyl (C=O) groups excluding carboxylic acids is 3. The summed E-state index contributed by atoms with van der Waals surface area (Å²) in [5, 5.41) is 2.48. The van der Waals surface area contributed by atoms with Crippen LogP contribution in [0.3, 0.4) is 0 Å². The zero-order valence-corrected chi connectivity index (χ0v) is 19.0. The summed E-state index contributed by atoms with van der Waals surface area (Å²) in [5.74, 6) is -9.44. The molecule has 0 atom stereocenters. The molecule has 0 radical (unpaired) electrons. The van der Waals surface area contributed by atoms with E-state index < -0.39 is 42.7 Å². The number of carbonyl (C=O) groups is 3. The first-order valence-electron chi connectivity index (χ1n) is 9.93. The number of nitrogens with zero attached hydrogens (tertiary/aromatic N) is 2. The number of piperazine rings is 1. The van der Waals surface area contributed by atoms with Gasteiger partial charge in [0.2, 0.25) is 0 Å². The number of para-hydroxylation sites is 1. The van der Waals surface area contributed by atoms with Crippen LogP contribution in [-0.2, 0) is 23.8 Å². The van der Waals surface area contributed by atoms with Gasteiger partial charge in [-0.15, -0.1) is 0 Å². The van der Waals surface area contributed by atoms with Crippen LogP contribution < -0.4 is 5.32 Å². The van der Waals surface area contributed by atoms with Gasteiger partial charge in [0.05, 0.1) is 13.7 Å². The number of esters is 3. The van der Waals surface area contributed by atoms with Crippen LogP contribution in [0.2, 0.25) is 0 Å². The Morgan fingerprint density at radius 2 is 1.78 bits per heavy atom. The highest BCUT2D eigenvalue weighted by Gasteiger charge is 2.55. The molecule has 0 amide bonds. The highest BCUT2D eigenvalue weighted by Crippen LogP contribution is 2.31. The number of methoxy groups -OCH3 is 1. The zero-order chi connectivity index (χ0) is 26.7. The summed E-state index contributed by atoms with van der Waals surface area (Å²) in [4.78, 5) is 39.8. The van der Waals surface area contributed by atoms with E-state index in [1.807, 2.05) is 0 Å². The number of ether oxygens (including phenoxy) is 3. The molecule has 1 aromatic heterocycles. The number of alkyl halides is 6. The lowest BCUT2D eigenvalue weighted by Gasteiger charge is -2.44. The summed E-state index contributed by atoms with van der Waals surface area (Å²) in [6, 6.07) is 4.52. The average Bonchev–Trinajstić information content (AvgIpc) is 3.21. The zero-order valence-electron chi connectivity index (χ0n) is 18.2. The molecular weight excluding hydrogens is 528 g/mol. The molecule has 0 spiro atoms. The van der Waals surface area contributed by atoms with Crippen molar-refractivity contribution in [2.24, 2.45) is 0 Å². The third-order valence-corrected chi connectivity index (χ3v) is 5.55. The van der Waals surface area contributed by atoms with Crippen molar-refractivity contribution in [3.05, 3.63) is 23.8 Å². The normalized spacial score (nSPS) is 16.5. The molecule has 0 bridgehead atoms. The average molecular weight is 545 g/mol. The van der Waals surface area contributed by atoms with Gasteiger partial charge in [0.25, 0.3) is 5.22 Å². The molecule has 0 aliphatic carbocycles. The standard InChI is InChI=1S/C19H17F6N3O7S/c1-32-13(29)10-3-2-4-11-12(10)33-16(27-11)36-8-7-28-6-5-26-9-17(28,34-14(30)18(20,21)22)35-15(31)19(23,24)25/h2-4,26H,5-9H2,1H3. The largest absolute Gasteiger partial charge is 0.491 e. The Hall–Kier alpha value is -3.05. The number of thioether (sulfide) groups is 1. The SMILES string of the molecule is COC(=O)c1cccc2nc(SCCN3CCNCC3(OC(=O)C(F)(F)F)OC(=O)C(F)(F)F)oc12. The first-order chi connectivity index (χ1) is 16.8. The molecule has 2 aromatic rings. The van der Waals surface area contributed by atoms with Crippen molar-refractivity contribution in [1.82, 2.24) is 15.2 Å². The number of fused-ring (bicyclic) bond motifs is 1. The minimum atomic E-state index is -5.56. The van der Waals surface area contributed by atoms with Crippen molar-refractivity contribution in [1.29, 1.82) is 0 Å². The van der Waals surface area contributed by atoms with Gasteiger partial charge in [-0.05, 0) is 12.1 Å². The first kappa shape index (κ1) is 27.5. The molecule has 0 saturated carbocycles. The number of hydrogen-bond donors (Lipinski definition) is 1. The van der Waals surface area contributed by atoms with E-state index in [0.29, 0.717) is 5.52 Å². The van der Waals surface area contributed by atoms with Crippen LogP contribution in [0.5, 0.6) is 0 Å². The Labute approximate surface area is 202 Å². The van der Waals surface area contributed by atoms with E-state index in [0.717, 1.165) is 16.7 Å². The van der Waals surface area contributed by atoms with E-state index in [-0.39, 0.29) is 41.8 Å². The quantitative estimate of drug-likeness (QED) is 0.239. The molecule has 1 N–H and O–H groups in total. The molecule has 2 heterocycles. The minimum absolute atomic E-state index is 0.0293. The van der Waals surface area contributed by atoms with E-state index in [2.05, 4.69) is 24.5 Å². The van der Waals surface area contributed by atoms with Crippen LogP contribution in [-0.4, -0.2) is 85.1 Å². The topological polar surface area (TPSA) is 120 Å². The van der Waals surface area contributed by atoms with Crippen molar-refractivity contribution in [3.8, 4) is 0 Å². The van der Waals surface area contributed by atoms with Crippen LogP contribution in [0, 0.1) is 0 Å². The van der Waals surface area contributed by atoms with Gasteiger partial charge in [0.15, 0.2) is 5.58 Å². The lowest BCUT2D eigenvalue weighted by molar-refractivity contribution is -0.318. The lowest BCUT2D eigenvalue weighted by Crippen LogP contribution is -2.67. The fraction of sp³-hybridized carbons (Fsp3) is 0.474. The molecule has 1 fully saturated rings. The summed E-state index contributed by atoms with van der Waals surface area (Å²) in [5.41, 5.74) is 0.505. The van der Waals surface area contributed by atoms with Crippen molar-refractivity contribution in [2.45, 2.75) is 23.5 Å². The van der Waals surface area contributed by atoms with E-state index >= 15 is 0 Å². The number of nitrogens with one attached hydrogen (secondary N) is 1. The molecule has 1 aliphatic rings. The first-order valence-corrected chi connectivity index (χ1v) is 10.9. The molecule has 1 saturated heterocycles. The van der Waals surface area contributed by atoms with Gasteiger partial charge < -0.3 is 23.9 Å². The van der Waals surface area contributed by atoms with E-state index in [1.54, 1.807) is 6.07 Å². The maximum Gasteiger partial charge on any atom is 0.491 e. The van der Waals surface area contributed by atoms with Crippen LogP contribution in [0.15, 0.2) is 27.8 Å². The molecule has 17 heteroatoms. The maximum atomic E-state index is 12.8. The van der Waals surface area contributed by atoms with E-state index in [9.17, 15) is 40.7 Å². The Morgan fingerprint density at radius 3 is 2.36 bits per heavy atom. The van der Waals surface area contributed by atoms with Gasteiger partial charge >= 0.3 is 36.2 Å². The maximum absolute atomic E-state index is 12.8. The Morgan fingerprint density at radius 1 is 1.14 bits per heavy atom. The molecule has 3 rings (SSSR count). The predicted octanol–water partition coefficient (Wildman–Crippen LogP) is 2.48. The van der Waals surface area contributed by atoms with E-state index in [4.69, 9.17) is 4.42 Å². The highest BCUT2D eigenvalue weighted by molar-refractivity contribution is 7.99. The van der Waals surface area contributed by atoms with Crippen molar-refractivity contribution in [3.63, 3.8) is 0 Å². The van der Waals surface area contributed by atoms with Gasteiger partial charge in [-0.3, -0.25) is 0 Å². The number of aromatic nitrogens is 1. The fourth-order valence-corrected chi connectivity index (χ4v) is 3.95. The number of hydrogen-bond acceptors (Lipinski definition) is 11. The third-order valence-electron chi connectivity index (χ3n) is 4.74. The van der Waals surface area contributed by atoms with Gasteiger partial charge in [-0.2, -0.15) is 26.3 Å². The van der Waals surface area contributed by atoms with Crippen molar-refractivity contribution < 1.29 is 59.4 Å². The number of benzene rings is 1. The molecular formula is C19H17F6N3O7S.